The molecule has 0 spiro atoms. The van der Waals surface area contributed by atoms with E-state index < -0.39 is 5.97 Å². The number of carboxylic acids is 1. The number of hydrogen-bond donors (Lipinski definition) is 1. The highest BCUT2D eigenvalue weighted by Gasteiger charge is 1.99. The molecule has 0 bridgehead atoms. The Balaban J connectivity index is 3.05. The Morgan fingerprint density at radius 1 is 0.235 bits per heavy atom. The number of hydrogen-bond acceptors (Lipinski definition) is 1. The van der Waals surface area contributed by atoms with Gasteiger partial charge in [-0.2, -0.15) is 0 Å². The van der Waals surface area contributed by atoms with Gasteiger partial charge < -0.3 is 5.11 Å². The molecule has 0 aromatic heterocycles. The molecule has 1 N–H and O–H groups in total. The van der Waals surface area contributed by atoms with Gasteiger partial charge in [-0.1, -0.05) is 296 Å². The summed E-state index contributed by atoms with van der Waals surface area (Å²) in [6, 6.07) is 0. The minimum atomic E-state index is -0.646. The molecule has 0 heterocycles. The second kappa shape index (κ2) is 47.5. The zero-order chi connectivity index (χ0) is 36.8. The molecule has 0 rings (SSSR count). The maximum atomic E-state index is 10.5. The van der Waals surface area contributed by atoms with E-state index in [-0.39, 0.29) is 0 Å². The van der Waals surface area contributed by atoms with Gasteiger partial charge in [0, 0.05) is 6.42 Å². The van der Waals surface area contributed by atoms with E-state index in [0.29, 0.717) is 6.42 Å². The number of rotatable bonds is 47. The second-order valence-corrected chi connectivity index (χ2v) is 17.1. The molecule has 0 unspecified atom stereocenters. The van der Waals surface area contributed by atoms with E-state index in [9.17, 15) is 4.79 Å². The second-order valence-electron chi connectivity index (χ2n) is 17.1. The van der Waals surface area contributed by atoms with Crippen LogP contribution in [0.15, 0.2) is 0 Å². The van der Waals surface area contributed by atoms with Gasteiger partial charge in [-0.05, 0) is 6.42 Å². The molecule has 0 aromatic rings. The van der Waals surface area contributed by atoms with Gasteiger partial charge in [-0.25, -0.2) is 0 Å². The van der Waals surface area contributed by atoms with Crippen molar-refractivity contribution in [2.45, 2.75) is 309 Å². The fourth-order valence-electron chi connectivity index (χ4n) is 8.13. The first-order valence-corrected chi connectivity index (χ1v) is 24.5. The van der Waals surface area contributed by atoms with E-state index in [4.69, 9.17) is 5.11 Å². The average molecular weight is 719 g/mol. The molecular weight excluding hydrogens is 621 g/mol. The van der Waals surface area contributed by atoms with E-state index in [0.717, 1.165) is 12.8 Å². The number of unbranched alkanes of at least 4 members (excludes halogenated alkanes) is 45. The third-order valence-corrected chi connectivity index (χ3v) is 11.7. The van der Waals surface area contributed by atoms with Crippen molar-refractivity contribution in [3.8, 4) is 0 Å². The first-order chi connectivity index (χ1) is 25.3. The van der Waals surface area contributed by atoms with Crippen molar-refractivity contribution in [1.29, 1.82) is 0 Å². The molecule has 0 saturated carbocycles. The summed E-state index contributed by atoms with van der Waals surface area (Å²) in [5.41, 5.74) is 0. The van der Waals surface area contributed by atoms with Gasteiger partial charge in [0.15, 0.2) is 0 Å². The van der Waals surface area contributed by atoms with Gasteiger partial charge in [0.1, 0.15) is 0 Å². The molecule has 0 aliphatic rings. The summed E-state index contributed by atoms with van der Waals surface area (Å²) < 4.78 is 0. The molecule has 2 heteroatoms. The SMILES string of the molecule is CCCCCCCCCCCCCCCCCCCCCCCCCCCCCCCCCCCCCCCCCCCCCCCCC(=O)O. The molecule has 306 valence electrons. The van der Waals surface area contributed by atoms with Crippen LogP contribution in [0.2, 0.25) is 0 Å². The molecule has 0 saturated heterocycles. The van der Waals surface area contributed by atoms with Crippen molar-refractivity contribution < 1.29 is 9.90 Å². The van der Waals surface area contributed by atoms with E-state index in [1.807, 2.05) is 0 Å². The number of aliphatic carboxylic acids is 1. The molecule has 2 nitrogen and oxygen atoms in total. The van der Waals surface area contributed by atoms with Crippen LogP contribution in [0.1, 0.15) is 309 Å². The first-order valence-electron chi connectivity index (χ1n) is 24.5. The summed E-state index contributed by atoms with van der Waals surface area (Å²) in [6.07, 6.45) is 66.3. The van der Waals surface area contributed by atoms with Crippen LogP contribution in [0, 0.1) is 0 Å². The topological polar surface area (TPSA) is 37.3 Å². The molecule has 0 atom stereocenters. The summed E-state index contributed by atoms with van der Waals surface area (Å²) in [4.78, 5) is 10.5. The largest absolute Gasteiger partial charge is 0.481 e. The molecule has 0 aromatic carbocycles. The smallest absolute Gasteiger partial charge is 0.303 e. The normalized spacial score (nSPS) is 11.5. The van der Waals surface area contributed by atoms with Crippen molar-refractivity contribution in [2.75, 3.05) is 0 Å². The fourth-order valence-corrected chi connectivity index (χ4v) is 8.13. The third kappa shape index (κ3) is 49.5. The highest BCUT2D eigenvalue weighted by atomic mass is 16.4. The zero-order valence-electron chi connectivity index (χ0n) is 35.6. The van der Waals surface area contributed by atoms with Gasteiger partial charge in [0.2, 0.25) is 0 Å². The van der Waals surface area contributed by atoms with Crippen molar-refractivity contribution in [3.05, 3.63) is 0 Å². The summed E-state index contributed by atoms with van der Waals surface area (Å²) in [5.74, 6) is -0.646. The summed E-state index contributed by atoms with van der Waals surface area (Å²) in [6.45, 7) is 2.31. The van der Waals surface area contributed by atoms with Crippen LogP contribution in [-0.2, 0) is 4.79 Å². The standard InChI is InChI=1S/C49H98O2/c1-2-3-4-5-6-7-8-9-10-11-12-13-14-15-16-17-18-19-20-21-22-23-24-25-26-27-28-29-30-31-32-33-34-35-36-37-38-39-40-41-42-43-44-45-46-47-48-49(50)51/h2-48H2,1H3,(H,50,51). The van der Waals surface area contributed by atoms with Crippen LogP contribution >= 0.6 is 0 Å². The fraction of sp³-hybridized carbons (Fsp3) is 0.980. The molecule has 0 aliphatic heterocycles. The predicted molar refractivity (Wildman–Crippen MR) is 230 cm³/mol. The molecule has 0 fully saturated rings. The first kappa shape index (κ1) is 50.5. The Bertz CT molecular complexity index is 615. The van der Waals surface area contributed by atoms with E-state index >= 15 is 0 Å². The van der Waals surface area contributed by atoms with E-state index in [1.165, 1.54) is 283 Å². The minimum Gasteiger partial charge on any atom is -0.481 e. The summed E-state index contributed by atoms with van der Waals surface area (Å²) >= 11 is 0. The zero-order valence-corrected chi connectivity index (χ0v) is 35.6. The van der Waals surface area contributed by atoms with Crippen molar-refractivity contribution in [3.63, 3.8) is 0 Å². The number of carboxylic acid groups (broad SMARTS) is 1. The van der Waals surface area contributed by atoms with Crippen LogP contribution in [0.25, 0.3) is 0 Å². The van der Waals surface area contributed by atoms with Gasteiger partial charge in [-0.3, -0.25) is 4.79 Å². The van der Waals surface area contributed by atoms with Crippen LogP contribution in [0.4, 0.5) is 0 Å². The monoisotopic (exact) mass is 719 g/mol. The lowest BCUT2D eigenvalue weighted by Crippen LogP contribution is -1.93. The minimum absolute atomic E-state index is 0.347. The van der Waals surface area contributed by atoms with Crippen molar-refractivity contribution in [1.82, 2.24) is 0 Å². The Morgan fingerprint density at radius 2 is 0.353 bits per heavy atom. The third-order valence-electron chi connectivity index (χ3n) is 11.7. The van der Waals surface area contributed by atoms with Gasteiger partial charge in [0.05, 0.1) is 0 Å². The quantitative estimate of drug-likeness (QED) is 0.0636. The maximum absolute atomic E-state index is 10.5. The molecule has 0 amide bonds. The lowest BCUT2D eigenvalue weighted by atomic mass is 10.0. The van der Waals surface area contributed by atoms with Crippen LogP contribution < -0.4 is 0 Å². The maximum Gasteiger partial charge on any atom is 0.303 e. The van der Waals surface area contributed by atoms with Crippen LogP contribution in [-0.4, -0.2) is 11.1 Å². The van der Waals surface area contributed by atoms with Crippen LogP contribution in [0.3, 0.4) is 0 Å². The molecule has 0 radical (unpaired) electrons. The highest BCUT2D eigenvalue weighted by Crippen LogP contribution is 2.18. The Hall–Kier alpha value is -0.530. The van der Waals surface area contributed by atoms with Crippen molar-refractivity contribution in [2.24, 2.45) is 0 Å². The predicted octanol–water partition coefficient (Wildman–Crippen LogP) is 18.4. The number of carbonyl (C=O) groups is 1. The summed E-state index contributed by atoms with van der Waals surface area (Å²) in [5, 5.41) is 8.66. The Kier molecular flexibility index (Phi) is 47.0. The van der Waals surface area contributed by atoms with Crippen LogP contribution in [0.5, 0.6) is 0 Å². The lowest BCUT2D eigenvalue weighted by Gasteiger charge is -2.05. The molecule has 51 heavy (non-hydrogen) atoms. The van der Waals surface area contributed by atoms with Crippen molar-refractivity contribution >= 4 is 5.97 Å². The molecular formula is C49H98O2. The van der Waals surface area contributed by atoms with Gasteiger partial charge >= 0.3 is 5.97 Å². The van der Waals surface area contributed by atoms with Gasteiger partial charge in [0.25, 0.3) is 0 Å². The summed E-state index contributed by atoms with van der Waals surface area (Å²) in [7, 11) is 0. The average Bonchev–Trinajstić information content (AvgIpc) is 3.13. The van der Waals surface area contributed by atoms with E-state index in [1.54, 1.807) is 0 Å². The lowest BCUT2D eigenvalue weighted by molar-refractivity contribution is -0.137. The Labute approximate surface area is 323 Å². The molecule has 0 aliphatic carbocycles. The van der Waals surface area contributed by atoms with E-state index in [2.05, 4.69) is 6.92 Å². The van der Waals surface area contributed by atoms with Gasteiger partial charge in [-0.15, -0.1) is 0 Å². The Morgan fingerprint density at radius 3 is 0.471 bits per heavy atom. The highest BCUT2D eigenvalue weighted by molar-refractivity contribution is 5.66.